The first-order valence-corrected chi connectivity index (χ1v) is 13.5. The molecule has 1 atom stereocenters. The summed E-state index contributed by atoms with van der Waals surface area (Å²) in [4.78, 5) is 28.6. The third kappa shape index (κ3) is 9.54. The number of benzene rings is 2. The van der Waals surface area contributed by atoms with Crippen LogP contribution >= 0.6 is 11.6 Å². The molecule has 1 saturated heterocycles. The largest absolute Gasteiger partial charge is 0.390 e. The van der Waals surface area contributed by atoms with Crippen LogP contribution in [0.15, 0.2) is 30.3 Å². The molecule has 2 amide bonds. The molecule has 0 saturated carbocycles. The highest BCUT2D eigenvalue weighted by Gasteiger charge is 2.32. The molecule has 1 aliphatic heterocycles. The van der Waals surface area contributed by atoms with E-state index in [-0.39, 0.29) is 37.0 Å². The van der Waals surface area contributed by atoms with Crippen molar-refractivity contribution in [2.24, 2.45) is 0 Å². The maximum Gasteiger partial charge on any atom is 0.390 e. The molecular formula is C28H34ClF5N4O3. The fourth-order valence-corrected chi connectivity index (χ4v) is 4.47. The first kappa shape index (κ1) is 32.6. The maximum absolute atomic E-state index is 14.9. The standard InChI is InChI=1S/C28H34ClF5N4O3/c1-17-15-38(12-11-37(17)10-9-28(32,33)34)22-13-19(29)6-8-21(22)36-26(40)20-7-5-18(24(30)25(20)31)14-35-23(39)16-41-27(2,3)4/h5-8,13,17H,9-12,14-16H2,1-4H3,(H,35,39)(H,36,40)/t17-/m1/s1. The Morgan fingerprint density at radius 1 is 1.07 bits per heavy atom. The minimum Gasteiger partial charge on any atom is -0.367 e. The molecule has 0 aliphatic carbocycles. The van der Waals surface area contributed by atoms with Crippen LogP contribution in [0, 0.1) is 11.6 Å². The van der Waals surface area contributed by atoms with Gasteiger partial charge in [-0.2, -0.15) is 13.2 Å². The van der Waals surface area contributed by atoms with Crippen LogP contribution in [-0.4, -0.2) is 67.3 Å². The lowest BCUT2D eigenvalue weighted by atomic mass is 10.1. The van der Waals surface area contributed by atoms with Gasteiger partial charge in [0.1, 0.15) is 6.61 Å². The second kappa shape index (κ2) is 13.3. The first-order valence-electron chi connectivity index (χ1n) is 13.1. The number of amides is 2. The van der Waals surface area contributed by atoms with E-state index in [0.29, 0.717) is 30.3 Å². The second-order valence-electron chi connectivity index (χ2n) is 10.9. The fraction of sp³-hybridized carbons (Fsp3) is 0.500. The van der Waals surface area contributed by atoms with E-state index in [2.05, 4.69) is 10.6 Å². The zero-order valence-corrected chi connectivity index (χ0v) is 24.1. The number of anilines is 2. The number of piperazine rings is 1. The second-order valence-corrected chi connectivity index (χ2v) is 11.3. The summed E-state index contributed by atoms with van der Waals surface area (Å²) in [5.74, 6) is -4.05. The van der Waals surface area contributed by atoms with Crippen LogP contribution in [0.3, 0.4) is 0 Å². The van der Waals surface area contributed by atoms with Gasteiger partial charge in [-0.3, -0.25) is 14.5 Å². The van der Waals surface area contributed by atoms with E-state index in [4.69, 9.17) is 16.3 Å². The number of alkyl halides is 3. The van der Waals surface area contributed by atoms with Crippen LogP contribution in [0.2, 0.25) is 5.02 Å². The van der Waals surface area contributed by atoms with Gasteiger partial charge in [-0.05, 0) is 52.0 Å². The van der Waals surface area contributed by atoms with Crippen LogP contribution in [-0.2, 0) is 16.1 Å². The number of carbonyl (C=O) groups excluding carboxylic acids is 2. The van der Waals surface area contributed by atoms with Gasteiger partial charge in [-0.1, -0.05) is 17.7 Å². The van der Waals surface area contributed by atoms with Crippen molar-refractivity contribution in [2.45, 2.75) is 58.5 Å². The third-order valence-electron chi connectivity index (χ3n) is 6.52. The van der Waals surface area contributed by atoms with E-state index < -0.39 is 47.2 Å². The summed E-state index contributed by atoms with van der Waals surface area (Å²) in [6, 6.07) is 6.76. The highest BCUT2D eigenvalue weighted by atomic mass is 35.5. The highest BCUT2D eigenvalue weighted by molar-refractivity contribution is 6.31. The molecule has 0 aromatic heterocycles. The van der Waals surface area contributed by atoms with E-state index in [1.807, 2.05) is 11.8 Å². The molecule has 0 bridgehead atoms. The van der Waals surface area contributed by atoms with Crippen LogP contribution in [0.25, 0.3) is 0 Å². The average Bonchev–Trinajstić information content (AvgIpc) is 2.87. The number of hydrogen-bond acceptors (Lipinski definition) is 5. The van der Waals surface area contributed by atoms with Crippen molar-refractivity contribution in [1.82, 2.24) is 10.2 Å². The number of nitrogens with one attached hydrogen (secondary N) is 2. The Labute approximate surface area is 241 Å². The monoisotopic (exact) mass is 604 g/mol. The number of halogens is 6. The smallest absolute Gasteiger partial charge is 0.367 e. The van der Waals surface area contributed by atoms with Crippen molar-refractivity contribution < 1.29 is 36.3 Å². The summed E-state index contributed by atoms with van der Waals surface area (Å²) >= 11 is 6.19. The van der Waals surface area contributed by atoms with Gasteiger partial charge in [-0.25, -0.2) is 8.78 Å². The molecule has 1 aliphatic rings. The summed E-state index contributed by atoms with van der Waals surface area (Å²) in [7, 11) is 0. The minimum absolute atomic E-state index is 0.118. The molecule has 2 N–H and O–H groups in total. The van der Waals surface area contributed by atoms with Crippen LogP contribution in [0.1, 0.15) is 50.0 Å². The Hall–Kier alpha value is -2.96. The Balaban J connectivity index is 1.69. The SMILES string of the molecule is C[C@@H]1CN(c2cc(Cl)ccc2NC(=O)c2ccc(CNC(=O)COC(C)(C)C)c(F)c2F)CCN1CCC(F)(F)F. The van der Waals surface area contributed by atoms with E-state index in [9.17, 15) is 31.5 Å². The number of hydrogen-bond donors (Lipinski definition) is 2. The van der Waals surface area contributed by atoms with Crippen molar-refractivity contribution in [3.8, 4) is 0 Å². The predicted octanol–water partition coefficient (Wildman–Crippen LogP) is 5.76. The van der Waals surface area contributed by atoms with Gasteiger partial charge in [0, 0.05) is 49.4 Å². The molecule has 226 valence electrons. The summed E-state index contributed by atoms with van der Waals surface area (Å²) in [5, 5.41) is 5.41. The van der Waals surface area contributed by atoms with Gasteiger partial charge in [0.25, 0.3) is 5.91 Å². The Bertz CT molecular complexity index is 1250. The van der Waals surface area contributed by atoms with Gasteiger partial charge in [0.15, 0.2) is 11.6 Å². The predicted molar refractivity (Wildman–Crippen MR) is 147 cm³/mol. The molecule has 0 unspecified atom stereocenters. The molecule has 13 heteroatoms. The molecule has 1 fully saturated rings. The molecule has 41 heavy (non-hydrogen) atoms. The highest BCUT2D eigenvalue weighted by Crippen LogP contribution is 2.32. The first-order chi connectivity index (χ1) is 19.0. The Morgan fingerprint density at radius 3 is 2.41 bits per heavy atom. The molecule has 0 radical (unpaired) electrons. The quantitative estimate of drug-likeness (QED) is 0.356. The summed E-state index contributed by atoms with van der Waals surface area (Å²) < 4.78 is 73.1. The van der Waals surface area contributed by atoms with Crippen molar-refractivity contribution in [1.29, 1.82) is 0 Å². The molecule has 3 rings (SSSR count). The van der Waals surface area contributed by atoms with Gasteiger partial charge in [0.2, 0.25) is 5.91 Å². The molecular weight excluding hydrogens is 571 g/mol. The minimum atomic E-state index is -4.25. The zero-order valence-electron chi connectivity index (χ0n) is 23.3. The zero-order chi connectivity index (χ0) is 30.5. The Morgan fingerprint density at radius 2 is 1.78 bits per heavy atom. The van der Waals surface area contributed by atoms with E-state index in [1.54, 1.807) is 31.7 Å². The number of nitrogens with zero attached hydrogens (tertiary/aromatic N) is 2. The Kier molecular flexibility index (Phi) is 10.6. The maximum atomic E-state index is 14.9. The molecule has 0 spiro atoms. The fourth-order valence-electron chi connectivity index (χ4n) is 4.31. The van der Waals surface area contributed by atoms with E-state index >= 15 is 0 Å². The number of ether oxygens (including phenoxy) is 1. The average molecular weight is 605 g/mol. The lowest BCUT2D eigenvalue weighted by Crippen LogP contribution is -2.52. The van der Waals surface area contributed by atoms with Crippen molar-refractivity contribution in [3.63, 3.8) is 0 Å². The molecule has 2 aromatic rings. The van der Waals surface area contributed by atoms with Gasteiger partial charge >= 0.3 is 6.18 Å². The lowest BCUT2D eigenvalue weighted by molar-refractivity contribution is -0.139. The van der Waals surface area contributed by atoms with E-state index in [0.717, 1.165) is 6.07 Å². The van der Waals surface area contributed by atoms with Gasteiger partial charge < -0.3 is 20.3 Å². The molecule has 1 heterocycles. The number of rotatable bonds is 9. The van der Waals surface area contributed by atoms with E-state index in [1.165, 1.54) is 18.2 Å². The van der Waals surface area contributed by atoms with Crippen LogP contribution in [0.5, 0.6) is 0 Å². The normalized spacial score (nSPS) is 16.5. The van der Waals surface area contributed by atoms with Crippen molar-refractivity contribution in [2.75, 3.05) is 43.0 Å². The van der Waals surface area contributed by atoms with Crippen molar-refractivity contribution in [3.05, 3.63) is 58.1 Å². The van der Waals surface area contributed by atoms with Crippen LogP contribution < -0.4 is 15.5 Å². The summed E-state index contributed by atoms with van der Waals surface area (Å²) in [6.45, 7) is 7.56. The topological polar surface area (TPSA) is 73.9 Å². The summed E-state index contributed by atoms with van der Waals surface area (Å²) in [5.41, 5.74) is -0.444. The summed E-state index contributed by atoms with van der Waals surface area (Å²) in [6.07, 6.45) is -5.15. The third-order valence-corrected chi connectivity index (χ3v) is 6.75. The molecule has 7 nitrogen and oxygen atoms in total. The van der Waals surface area contributed by atoms with Crippen molar-refractivity contribution >= 4 is 34.8 Å². The van der Waals surface area contributed by atoms with Gasteiger partial charge in [-0.15, -0.1) is 0 Å². The van der Waals surface area contributed by atoms with Crippen LogP contribution in [0.4, 0.5) is 33.3 Å². The molecule has 2 aromatic carbocycles. The lowest BCUT2D eigenvalue weighted by Gasteiger charge is -2.41. The van der Waals surface area contributed by atoms with Gasteiger partial charge in [0.05, 0.1) is 29.0 Å². The number of carbonyl (C=O) groups is 2.